The van der Waals surface area contributed by atoms with Crippen molar-refractivity contribution < 1.29 is 14.6 Å². The highest BCUT2D eigenvalue weighted by atomic mass is 16.5. The number of phenolic OH excluding ortho intramolecular Hbond substituents is 1. The molecule has 1 aliphatic rings. The average Bonchev–Trinajstić information content (AvgIpc) is 3.02. The predicted molar refractivity (Wildman–Crippen MR) is 204 cm³/mol. The molecular weight excluding hydrogens is 619 g/mol. The van der Waals surface area contributed by atoms with Gasteiger partial charge in [0, 0.05) is 11.1 Å². The molecule has 3 unspecified atom stereocenters. The summed E-state index contributed by atoms with van der Waals surface area (Å²) < 4.78 is 6.02. The molecule has 0 saturated heterocycles. The molecule has 3 aromatic carbocycles. The van der Waals surface area contributed by atoms with Gasteiger partial charge in [0.05, 0.1) is 17.7 Å². The lowest BCUT2D eigenvalue weighted by Crippen LogP contribution is -2.25. The Morgan fingerprint density at radius 1 is 0.760 bits per heavy atom. The Morgan fingerprint density at radius 2 is 1.34 bits per heavy atom. The molecule has 6 nitrogen and oxygen atoms in total. The van der Waals surface area contributed by atoms with Crippen LogP contribution >= 0.6 is 0 Å². The molecule has 0 spiro atoms. The van der Waals surface area contributed by atoms with Crippen molar-refractivity contribution >= 4 is 5.97 Å². The number of carbonyl (C=O) groups excluding carboxylic acids is 1. The van der Waals surface area contributed by atoms with Crippen LogP contribution in [0.25, 0.3) is 34.2 Å². The van der Waals surface area contributed by atoms with Gasteiger partial charge in [-0.3, -0.25) is 0 Å². The fourth-order valence-corrected chi connectivity index (χ4v) is 7.52. The zero-order chi connectivity index (χ0) is 36.1. The number of nitrogens with zero attached hydrogens (tertiary/aromatic N) is 3. The number of hydrogen-bond acceptors (Lipinski definition) is 6. The zero-order valence-corrected chi connectivity index (χ0v) is 31.5. The first-order chi connectivity index (χ1) is 23.7. The van der Waals surface area contributed by atoms with Crippen LogP contribution in [-0.4, -0.2) is 32.6 Å². The summed E-state index contributed by atoms with van der Waals surface area (Å²) in [7, 11) is 0. The van der Waals surface area contributed by atoms with E-state index in [2.05, 4.69) is 73.6 Å². The number of benzene rings is 3. The monoisotopic (exact) mass is 675 g/mol. The number of rotatable bonds is 13. The van der Waals surface area contributed by atoms with Crippen molar-refractivity contribution in [2.75, 3.05) is 6.61 Å². The fourth-order valence-electron chi connectivity index (χ4n) is 7.52. The lowest BCUT2D eigenvalue weighted by Gasteiger charge is -2.31. The molecule has 1 aliphatic carbocycles. The lowest BCUT2D eigenvalue weighted by molar-refractivity contribution is 0.0356. The van der Waals surface area contributed by atoms with Gasteiger partial charge in [0.2, 0.25) is 0 Å². The number of phenols is 1. The van der Waals surface area contributed by atoms with E-state index < -0.39 is 0 Å². The van der Waals surface area contributed by atoms with E-state index in [-0.39, 0.29) is 17.1 Å². The molecule has 266 valence electrons. The molecule has 0 amide bonds. The van der Waals surface area contributed by atoms with Crippen LogP contribution in [0.3, 0.4) is 0 Å². The van der Waals surface area contributed by atoms with Crippen LogP contribution in [0.2, 0.25) is 0 Å². The largest absolute Gasteiger partial charge is 0.507 e. The Hall–Kier alpha value is -4.06. The average molecular weight is 676 g/mol. The minimum atomic E-state index is -0.312. The molecule has 0 bridgehead atoms. The molecular formula is C44H57N3O3. The van der Waals surface area contributed by atoms with Crippen LogP contribution in [0.5, 0.6) is 5.75 Å². The van der Waals surface area contributed by atoms with Crippen LogP contribution < -0.4 is 0 Å². The second kappa shape index (κ2) is 15.9. The van der Waals surface area contributed by atoms with Crippen molar-refractivity contribution in [1.29, 1.82) is 0 Å². The van der Waals surface area contributed by atoms with E-state index in [0.717, 1.165) is 43.2 Å². The Kier molecular flexibility index (Phi) is 11.8. The third-order valence-corrected chi connectivity index (χ3v) is 10.1. The van der Waals surface area contributed by atoms with E-state index in [1.165, 1.54) is 18.4 Å². The topological polar surface area (TPSA) is 85.2 Å². The number of aromatic hydroxyl groups is 1. The maximum Gasteiger partial charge on any atom is 0.338 e. The zero-order valence-electron chi connectivity index (χ0n) is 31.5. The minimum absolute atomic E-state index is 0.111. The third-order valence-electron chi connectivity index (χ3n) is 10.1. The molecule has 6 heteroatoms. The van der Waals surface area contributed by atoms with E-state index in [9.17, 15) is 9.90 Å². The molecule has 0 radical (unpaired) electrons. The van der Waals surface area contributed by atoms with Gasteiger partial charge in [-0.2, -0.15) is 0 Å². The van der Waals surface area contributed by atoms with Crippen molar-refractivity contribution in [3.05, 3.63) is 83.9 Å². The van der Waals surface area contributed by atoms with Gasteiger partial charge in [-0.15, -0.1) is 0 Å². The summed E-state index contributed by atoms with van der Waals surface area (Å²) in [6, 6.07) is 22.8. The van der Waals surface area contributed by atoms with Crippen molar-refractivity contribution in [2.45, 2.75) is 106 Å². The molecule has 3 atom stereocenters. The third kappa shape index (κ3) is 10.0. The summed E-state index contributed by atoms with van der Waals surface area (Å²) in [5.74, 6) is 3.13. The summed E-state index contributed by atoms with van der Waals surface area (Å²) in [6.07, 6.45) is 7.99. The van der Waals surface area contributed by atoms with Gasteiger partial charge in [0.15, 0.2) is 17.5 Å². The summed E-state index contributed by atoms with van der Waals surface area (Å²) in [5, 5.41) is 10.7. The molecule has 4 aromatic rings. The Bertz CT molecular complexity index is 1730. The second-order valence-corrected chi connectivity index (χ2v) is 17.2. The van der Waals surface area contributed by atoms with Crippen molar-refractivity contribution in [1.82, 2.24) is 15.0 Å². The summed E-state index contributed by atoms with van der Waals surface area (Å²) >= 11 is 0. The first-order valence-corrected chi connectivity index (χ1v) is 18.6. The molecule has 1 fully saturated rings. The highest BCUT2D eigenvalue weighted by Gasteiger charge is 2.27. The van der Waals surface area contributed by atoms with Crippen molar-refractivity contribution in [2.24, 2.45) is 28.6 Å². The lowest BCUT2D eigenvalue weighted by atomic mass is 9.76. The van der Waals surface area contributed by atoms with E-state index >= 15 is 0 Å². The van der Waals surface area contributed by atoms with Crippen LogP contribution in [0.1, 0.15) is 122 Å². The van der Waals surface area contributed by atoms with Gasteiger partial charge in [-0.05, 0) is 96.4 Å². The first kappa shape index (κ1) is 37.2. The first-order valence-electron chi connectivity index (χ1n) is 18.6. The van der Waals surface area contributed by atoms with Crippen LogP contribution in [0.15, 0.2) is 72.8 Å². The number of hydrogen-bond donors (Lipinski definition) is 1. The van der Waals surface area contributed by atoms with Gasteiger partial charge in [-0.25, -0.2) is 19.7 Å². The van der Waals surface area contributed by atoms with E-state index in [1.54, 1.807) is 24.3 Å². The smallest absolute Gasteiger partial charge is 0.338 e. The molecule has 5 rings (SSSR count). The van der Waals surface area contributed by atoms with Crippen molar-refractivity contribution in [3.8, 4) is 39.9 Å². The Morgan fingerprint density at radius 3 is 1.94 bits per heavy atom. The number of esters is 1. The molecule has 1 aromatic heterocycles. The van der Waals surface area contributed by atoms with E-state index in [0.29, 0.717) is 64.3 Å². The normalized spacial score (nSPS) is 15.6. The maximum absolute atomic E-state index is 13.4. The van der Waals surface area contributed by atoms with Gasteiger partial charge < -0.3 is 9.84 Å². The van der Waals surface area contributed by atoms with E-state index in [1.807, 2.05) is 30.3 Å². The van der Waals surface area contributed by atoms with Crippen LogP contribution in [0.4, 0.5) is 0 Å². The van der Waals surface area contributed by atoms with Crippen LogP contribution in [0, 0.1) is 28.6 Å². The van der Waals surface area contributed by atoms with Gasteiger partial charge >= 0.3 is 5.97 Å². The highest BCUT2D eigenvalue weighted by molar-refractivity contribution is 5.90. The molecule has 1 saturated carbocycles. The molecule has 50 heavy (non-hydrogen) atoms. The number of carbonyl (C=O) groups is 1. The highest BCUT2D eigenvalue weighted by Crippen LogP contribution is 2.41. The molecule has 1 N–H and O–H groups in total. The quantitative estimate of drug-likeness (QED) is 0.142. The van der Waals surface area contributed by atoms with Gasteiger partial charge in [0.1, 0.15) is 5.75 Å². The Balaban J connectivity index is 1.37. The number of para-hydroxylation sites is 1. The number of ether oxygens (including phenoxy) is 1. The number of aromatic nitrogens is 3. The summed E-state index contributed by atoms with van der Waals surface area (Å²) in [4.78, 5) is 28.0. The predicted octanol–water partition coefficient (Wildman–Crippen LogP) is 11.5. The van der Waals surface area contributed by atoms with Crippen LogP contribution in [-0.2, 0) is 4.74 Å². The summed E-state index contributed by atoms with van der Waals surface area (Å²) in [6.45, 7) is 18.8. The maximum atomic E-state index is 13.4. The fraction of sp³-hybridized carbons (Fsp3) is 0.500. The standard InChI is InChI=1S/C44H57N3O3/c1-29(26-43(3,4)5)20-21-34(30(2)27-44(6,7)8)28-50-42(49)33-24-22-32(23-25-33)39-45-40(36-17-10-9-16-35(36)31-14-13-15-31)47-41(46-39)37-18-11-12-19-38(37)48/h9-12,16-19,22-25,29-31,34,48H,13-15,20-21,26-28H2,1-8H3. The summed E-state index contributed by atoms with van der Waals surface area (Å²) in [5.41, 5.74) is 4.55. The van der Waals surface area contributed by atoms with Crippen molar-refractivity contribution in [3.63, 3.8) is 0 Å². The second-order valence-electron chi connectivity index (χ2n) is 17.2. The molecule has 1 heterocycles. The Labute approximate surface area is 300 Å². The van der Waals surface area contributed by atoms with Gasteiger partial charge in [-0.1, -0.05) is 117 Å². The molecule has 0 aliphatic heterocycles. The van der Waals surface area contributed by atoms with Gasteiger partial charge in [0.25, 0.3) is 0 Å². The minimum Gasteiger partial charge on any atom is -0.507 e. The van der Waals surface area contributed by atoms with E-state index in [4.69, 9.17) is 19.7 Å². The SMILES string of the molecule is CC(CCC(COC(=O)c1ccc(-c2nc(-c3ccccc3O)nc(-c3ccccc3C3CCC3)n2)cc1)C(C)CC(C)(C)C)CC(C)(C)C.